The molecule has 1 fully saturated rings. The van der Waals surface area contributed by atoms with Crippen molar-refractivity contribution in [3.8, 4) is 5.75 Å². The van der Waals surface area contributed by atoms with Gasteiger partial charge in [0.25, 0.3) is 0 Å². The summed E-state index contributed by atoms with van der Waals surface area (Å²) in [5, 5.41) is 4.90. The number of halogens is 1. The highest BCUT2D eigenvalue weighted by atomic mass is 79.9. The molecule has 6 rings (SSSR count). The van der Waals surface area contributed by atoms with Crippen molar-refractivity contribution in [3.05, 3.63) is 99.7 Å². The Hall–Kier alpha value is -2.89. The Balaban J connectivity index is 1.48. The summed E-state index contributed by atoms with van der Waals surface area (Å²) in [6.45, 7) is 0.818. The van der Waals surface area contributed by atoms with Crippen molar-refractivity contribution >= 4 is 32.6 Å². The Bertz CT molecular complexity index is 1400. The van der Waals surface area contributed by atoms with Crippen molar-refractivity contribution in [3.63, 3.8) is 0 Å². The molecule has 178 valence electrons. The number of piperidine rings is 1. The van der Waals surface area contributed by atoms with Gasteiger partial charge in [-0.3, -0.25) is 4.79 Å². The van der Waals surface area contributed by atoms with E-state index in [-0.39, 0.29) is 23.2 Å². The van der Waals surface area contributed by atoms with Gasteiger partial charge in [0, 0.05) is 32.9 Å². The molecule has 0 radical (unpaired) electrons. The molecular formula is C30H29BrN2O2. The van der Waals surface area contributed by atoms with E-state index in [9.17, 15) is 4.79 Å². The summed E-state index contributed by atoms with van der Waals surface area (Å²) in [6.07, 6.45) is 3.18. The summed E-state index contributed by atoms with van der Waals surface area (Å²) in [6, 6.07) is 24.7. The van der Waals surface area contributed by atoms with Crippen molar-refractivity contribution in [1.82, 2.24) is 10.3 Å². The minimum absolute atomic E-state index is 0.142. The number of aromatic nitrogens is 1. The van der Waals surface area contributed by atoms with Gasteiger partial charge in [-0.1, -0.05) is 64.5 Å². The highest BCUT2D eigenvalue weighted by Crippen LogP contribution is 2.50. The van der Waals surface area contributed by atoms with Crippen LogP contribution in [0, 0.1) is 5.92 Å². The minimum atomic E-state index is -0.198. The topological polar surface area (TPSA) is 54.1 Å². The summed E-state index contributed by atoms with van der Waals surface area (Å²) < 4.78 is 6.72. The van der Waals surface area contributed by atoms with Crippen LogP contribution in [0.2, 0.25) is 0 Å². The molecular weight excluding hydrogens is 500 g/mol. The third kappa shape index (κ3) is 3.82. The van der Waals surface area contributed by atoms with Crippen LogP contribution in [0.25, 0.3) is 10.9 Å². The number of benzene rings is 3. The van der Waals surface area contributed by atoms with Gasteiger partial charge in [0.15, 0.2) is 5.78 Å². The van der Waals surface area contributed by atoms with Crippen LogP contribution in [0.3, 0.4) is 0 Å². The van der Waals surface area contributed by atoms with Crippen LogP contribution >= 0.6 is 15.9 Å². The average Bonchev–Trinajstić information content (AvgIpc) is 3.25. The molecule has 1 aliphatic heterocycles. The van der Waals surface area contributed by atoms with Crippen molar-refractivity contribution in [2.45, 2.75) is 37.1 Å². The fraction of sp³-hybridized carbons (Fsp3) is 0.300. The maximum Gasteiger partial charge on any atom is 0.154 e. The van der Waals surface area contributed by atoms with Crippen molar-refractivity contribution in [2.75, 3.05) is 13.7 Å². The van der Waals surface area contributed by atoms with E-state index in [0.29, 0.717) is 6.42 Å². The monoisotopic (exact) mass is 528 g/mol. The molecule has 3 aromatic carbocycles. The van der Waals surface area contributed by atoms with Crippen molar-refractivity contribution < 1.29 is 9.53 Å². The number of Topliss-reactive ketones (excluding diaryl/α,β-unsaturated/α-hetero) is 1. The molecule has 2 heterocycles. The molecule has 3 atom stereocenters. The molecule has 2 unspecified atom stereocenters. The number of fused-ring (bicyclic) bond motifs is 4. The lowest BCUT2D eigenvalue weighted by Crippen LogP contribution is -2.60. The van der Waals surface area contributed by atoms with Crippen LogP contribution in [0.1, 0.15) is 28.8 Å². The fourth-order valence-corrected chi connectivity index (χ4v) is 7.11. The average molecular weight is 529 g/mol. The molecule has 0 bridgehead atoms. The number of ketones is 1. The minimum Gasteiger partial charge on any atom is -0.497 e. The van der Waals surface area contributed by atoms with Gasteiger partial charge in [-0.15, -0.1) is 0 Å². The summed E-state index contributed by atoms with van der Waals surface area (Å²) >= 11 is 3.79. The predicted octanol–water partition coefficient (Wildman–Crippen LogP) is 5.77. The second-order valence-corrected chi connectivity index (χ2v) is 10.8. The third-order valence-corrected chi connectivity index (χ3v) is 8.80. The number of carbonyl (C=O) groups is 1. The Labute approximate surface area is 214 Å². The predicted molar refractivity (Wildman–Crippen MR) is 143 cm³/mol. The van der Waals surface area contributed by atoms with E-state index in [1.807, 2.05) is 36.4 Å². The van der Waals surface area contributed by atoms with Crippen molar-refractivity contribution in [2.24, 2.45) is 5.92 Å². The Kier molecular flexibility index (Phi) is 5.78. The van der Waals surface area contributed by atoms with E-state index in [1.54, 1.807) is 7.11 Å². The molecule has 35 heavy (non-hydrogen) atoms. The molecule has 0 amide bonds. The number of H-pyrrole nitrogens is 1. The van der Waals surface area contributed by atoms with Crippen LogP contribution in [-0.2, 0) is 29.5 Å². The largest absolute Gasteiger partial charge is 0.497 e. The van der Waals surface area contributed by atoms with Crippen molar-refractivity contribution in [1.29, 1.82) is 0 Å². The molecule has 1 saturated heterocycles. The molecule has 1 aromatic heterocycles. The summed E-state index contributed by atoms with van der Waals surface area (Å²) in [5.74, 6) is 1.29. The molecule has 0 saturated carbocycles. The van der Waals surface area contributed by atoms with Gasteiger partial charge in [0.2, 0.25) is 0 Å². The zero-order valence-electron chi connectivity index (χ0n) is 19.8. The van der Waals surface area contributed by atoms with Gasteiger partial charge in [0.1, 0.15) is 5.75 Å². The first-order valence-corrected chi connectivity index (χ1v) is 13.1. The standard InChI is InChI=1S/C30H29BrN2O2/c1-35-21-10-5-9-20(16-21)30-13-14-32-29(27(34)15-19-7-3-2-4-8-19)23(30)17-22-26(18-30)33-25-12-6-11-24(31)28(22)25/h2-12,16,23,29,32-33H,13-15,17-18H2,1H3/t23?,29?,30-/m1/s1. The van der Waals surface area contributed by atoms with Crippen LogP contribution in [0.4, 0.5) is 0 Å². The molecule has 4 nitrogen and oxygen atoms in total. The van der Waals surface area contributed by atoms with Gasteiger partial charge in [0.05, 0.1) is 13.2 Å². The quantitative estimate of drug-likeness (QED) is 0.346. The van der Waals surface area contributed by atoms with Crippen LogP contribution in [0.15, 0.2) is 77.3 Å². The first-order valence-electron chi connectivity index (χ1n) is 12.3. The zero-order valence-corrected chi connectivity index (χ0v) is 21.4. The van der Waals surface area contributed by atoms with E-state index in [4.69, 9.17) is 4.74 Å². The number of aromatic amines is 1. The van der Waals surface area contributed by atoms with E-state index >= 15 is 0 Å². The molecule has 4 aromatic rings. The van der Waals surface area contributed by atoms with Gasteiger partial charge in [-0.25, -0.2) is 0 Å². The zero-order chi connectivity index (χ0) is 24.0. The van der Waals surface area contributed by atoms with Crippen LogP contribution in [-0.4, -0.2) is 30.5 Å². The molecule has 0 spiro atoms. The number of hydrogen-bond donors (Lipinski definition) is 2. The normalized spacial score (nSPS) is 23.5. The molecule has 5 heteroatoms. The van der Waals surface area contributed by atoms with Gasteiger partial charge in [-0.05, 0) is 72.7 Å². The highest BCUT2D eigenvalue weighted by Gasteiger charge is 2.52. The first-order chi connectivity index (χ1) is 17.1. The van der Waals surface area contributed by atoms with E-state index < -0.39 is 0 Å². The number of hydrogen-bond acceptors (Lipinski definition) is 3. The van der Waals surface area contributed by atoms with Gasteiger partial charge in [-0.2, -0.15) is 0 Å². The Morgan fingerprint density at radius 1 is 1.09 bits per heavy atom. The second kappa shape index (κ2) is 8.96. The van der Waals surface area contributed by atoms with Gasteiger partial charge < -0.3 is 15.0 Å². The summed E-state index contributed by atoms with van der Waals surface area (Å²) in [7, 11) is 1.72. The number of methoxy groups -OCH3 is 1. The lowest BCUT2D eigenvalue weighted by Gasteiger charge is -2.51. The lowest BCUT2D eigenvalue weighted by molar-refractivity contribution is -0.123. The maximum atomic E-state index is 13.8. The Morgan fingerprint density at radius 2 is 1.91 bits per heavy atom. The SMILES string of the molecule is COc1cccc([C@]23CCNC(C(=O)Cc4ccccc4)C2Cc2c([nH]c4cccc(Br)c24)C3)c1. The van der Waals surface area contributed by atoms with E-state index in [1.165, 1.54) is 22.2 Å². The summed E-state index contributed by atoms with van der Waals surface area (Å²) in [4.78, 5) is 17.5. The molecule has 1 aliphatic carbocycles. The summed E-state index contributed by atoms with van der Waals surface area (Å²) in [5.41, 5.74) is 5.99. The second-order valence-electron chi connectivity index (χ2n) is 9.93. The first kappa shape index (κ1) is 22.6. The van der Waals surface area contributed by atoms with E-state index in [2.05, 4.69) is 62.6 Å². The Morgan fingerprint density at radius 3 is 2.74 bits per heavy atom. The number of ether oxygens (including phenoxy) is 1. The van der Waals surface area contributed by atoms with Crippen LogP contribution < -0.4 is 10.1 Å². The number of rotatable bonds is 5. The van der Waals surface area contributed by atoms with Crippen LogP contribution in [0.5, 0.6) is 5.75 Å². The number of nitrogens with one attached hydrogen (secondary N) is 2. The molecule has 2 aliphatic rings. The maximum absolute atomic E-state index is 13.8. The van der Waals surface area contributed by atoms with Gasteiger partial charge >= 0.3 is 0 Å². The van der Waals surface area contributed by atoms with E-state index in [0.717, 1.165) is 47.1 Å². The number of carbonyl (C=O) groups excluding carboxylic acids is 1. The fourth-order valence-electron chi connectivity index (χ4n) is 6.50. The smallest absolute Gasteiger partial charge is 0.154 e. The highest BCUT2D eigenvalue weighted by molar-refractivity contribution is 9.10. The third-order valence-electron chi connectivity index (χ3n) is 8.14. The molecule has 2 N–H and O–H groups in total. The lowest BCUT2D eigenvalue weighted by atomic mass is 9.56.